The quantitative estimate of drug-likeness (QED) is 0.562. The summed E-state index contributed by atoms with van der Waals surface area (Å²) < 4.78 is 11.2. The normalized spacial score (nSPS) is 14.3. The van der Waals surface area contributed by atoms with E-state index in [1.807, 2.05) is 32.0 Å². The molecular weight excluding hydrogens is 328 g/mol. The Labute approximate surface area is 155 Å². The van der Waals surface area contributed by atoms with Gasteiger partial charge >= 0.3 is 0 Å². The number of hydrogen-bond acceptors (Lipinski definition) is 4. The van der Waals surface area contributed by atoms with Crippen LogP contribution in [-0.4, -0.2) is 31.3 Å². The van der Waals surface area contributed by atoms with Gasteiger partial charge in [-0.05, 0) is 45.1 Å². The Hall–Kier alpha value is -2.50. The van der Waals surface area contributed by atoms with Crippen molar-refractivity contribution in [1.82, 2.24) is 15.8 Å². The van der Waals surface area contributed by atoms with Gasteiger partial charge < -0.3 is 19.9 Å². The number of benzene rings is 1. The molecule has 0 bridgehead atoms. The van der Waals surface area contributed by atoms with E-state index in [9.17, 15) is 0 Å². The Kier molecular flexibility index (Phi) is 6.15. The van der Waals surface area contributed by atoms with E-state index in [0.29, 0.717) is 6.54 Å². The zero-order valence-electron chi connectivity index (χ0n) is 15.8. The molecule has 1 aromatic heterocycles. The number of aryl methyl sites for hydroxylation is 2. The van der Waals surface area contributed by atoms with Crippen molar-refractivity contribution < 1.29 is 9.26 Å². The smallest absolute Gasteiger partial charge is 0.191 e. The van der Waals surface area contributed by atoms with Gasteiger partial charge in [-0.25, -0.2) is 0 Å². The van der Waals surface area contributed by atoms with Gasteiger partial charge in [0.05, 0.1) is 12.3 Å². The molecule has 6 heteroatoms. The molecule has 0 atom stereocenters. The Morgan fingerprint density at radius 2 is 2.08 bits per heavy atom. The first-order valence-corrected chi connectivity index (χ1v) is 9.24. The molecule has 0 radical (unpaired) electrons. The summed E-state index contributed by atoms with van der Waals surface area (Å²) in [5.74, 6) is 3.36. The predicted molar refractivity (Wildman–Crippen MR) is 103 cm³/mol. The molecule has 0 spiro atoms. The number of guanidine groups is 1. The number of nitrogens with one attached hydrogen (secondary N) is 2. The van der Waals surface area contributed by atoms with E-state index in [2.05, 4.69) is 26.8 Å². The van der Waals surface area contributed by atoms with Gasteiger partial charge in [-0.3, -0.25) is 4.99 Å². The van der Waals surface area contributed by atoms with Crippen LogP contribution in [0.25, 0.3) is 0 Å². The van der Waals surface area contributed by atoms with Crippen molar-refractivity contribution in [2.45, 2.75) is 39.7 Å². The minimum absolute atomic E-state index is 0.672. The Bertz CT molecular complexity index is 731. The zero-order chi connectivity index (χ0) is 18.4. The number of para-hydroxylation sites is 1. The second-order valence-corrected chi connectivity index (χ2v) is 6.77. The second kappa shape index (κ2) is 8.74. The van der Waals surface area contributed by atoms with Gasteiger partial charge in [-0.2, -0.15) is 0 Å². The molecule has 2 N–H and O–H groups in total. The van der Waals surface area contributed by atoms with E-state index in [4.69, 9.17) is 9.26 Å². The van der Waals surface area contributed by atoms with Crippen LogP contribution < -0.4 is 15.4 Å². The fourth-order valence-electron chi connectivity index (χ4n) is 2.85. The van der Waals surface area contributed by atoms with Gasteiger partial charge in [0, 0.05) is 31.3 Å². The molecule has 2 aromatic rings. The van der Waals surface area contributed by atoms with Crippen LogP contribution in [0.5, 0.6) is 5.75 Å². The predicted octanol–water partition coefficient (Wildman–Crippen LogP) is 2.99. The van der Waals surface area contributed by atoms with Crippen LogP contribution in [-0.2, 0) is 13.0 Å². The van der Waals surface area contributed by atoms with Gasteiger partial charge in [-0.15, -0.1) is 0 Å². The first-order valence-electron chi connectivity index (χ1n) is 9.24. The fourth-order valence-corrected chi connectivity index (χ4v) is 2.85. The largest absolute Gasteiger partial charge is 0.493 e. The maximum atomic E-state index is 5.97. The number of rotatable bonds is 8. The highest BCUT2D eigenvalue weighted by Gasteiger charge is 2.22. The number of aliphatic imine (C=N–C) groups is 1. The third-order valence-corrected chi connectivity index (χ3v) is 4.66. The summed E-state index contributed by atoms with van der Waals surface area (Å²) in [6.45, 7) is 6.17. The lowest BCUT2D eigenvalue weighted by atomic mass is 10.1. The van der Waals surface area contributed by atoms with E-state index in [0.717, 1.165) is 59.8 Å². The van der Waals surface area contributed by atoms with Gasteiger partial charge in [-0.1, -0.05) is 23.4 Å². The summed E-state index contributed by atoms with van der Waals surface area (Å²) >= 11 is 0. The SMILES string of the molecule is CN=C(NCCc1c(C)noc1C)NCc1ccccc1OCC1CC1. The zero-order valence-corrected chi connectivity index (χ0v) is 15.8. The highest BCUT2D eigenvalue weighted by atomic mass is 16.5. The summed E-state index contributed by atoms with van der Waals surface area (Å²) in [6, 6.07) is 8.18. The van der Waals surface area contributed by atoms with Crippen LogP contribution in [0.2, 0.25) is 0 Å². The van der Waals surface area contributed by atoms with Gasteiger partial charge in [0.1, 0.15) is 11.5 Å². The van der Waals surface area contributed by atoms with Crippen molar-refractivity contribution in [3.63, 3.8) is 0 Å². The summed E-state index contributed by atoms with van der Waals surface area (Å²) in [7, 11) is 1.78. The molecule has 3 rings (SSSR count). The third kappa shape index (κ3) is 5.00. The van der Waals surface area contributed by atoms with Crippen molar-refractivity contribution >= 4 is 5.96 Å². The minimum Gasteiger partial charge on any atom is -0.493 e. The molecule has 26 heavy (non-hydrogen) atoms. The molecular formula is C20H28N4O2. The molecule has 1 aromatic carbocycles. The van der Waals surface area contributed by atoms with E-state index in [1.54, 1.807) is 7.05 Å². The van der Waals surface area contributed by atoms with Crippen LogP contribution in [0.15, 0.2) is 33.8 Å². The third-order valence-electron chi connectivity index (χ3n) is 4.66. The molecule has 0 saturated heterocycles. The second-order valence-electron chi connectivity index (χ2n) is 6.77. The lowest BCUT2D eigenvalue weighted by Gasteiger charge is -2.14. The molecule has 0 unspecified atom stereocenters. The first-order chi connectivity index (χ1) is 12.7. The molecule has 1 fully saturated rings. The lowest BCUT2D eigenvalue weighted by molar-refractivity contribution is 0.296. The average Bonchev–Trinajstić information content (AvgIpc) is 3.43. The van der Waals surface area contributed by atoms with Gasteiger partial charge in [0.25, 0.3) is 0 Å². The lowest BCUT2D eigenvalue weighted by Crippen LogP contribution is -2.38. The number of nitrogens with zero attached hydrogens (tertiary/aromatic N) is 2. The molecule has 0 aliphatic heterocycles. The average molecular weight is 356 g/mol. The first kappa shape index (κ1) is 18.3. The Balaban J connectivity index is 1.48. The molecule has 140 valence electrons. The van der Waals surface area contributed by atoms with Crippen LogP contribution in [0, 0.1) is 19.8 Å². The van der Waals surface area contributed by atoms with Gasteiger partial charge in [0.15, 0.2) is 5.96 Å². The summed E-state index contributed by atoms with van der Waals surface area (Å²) in [6.07, 6.45) is 3.44. The van der Waals surface area contributed by atoms with Crippen LogP contribution >= 0.6 is 0 Å². The van der Waals surface area contributed by atoms with Crippen molar-refractivity contribution in [3.05, 3.63) is 46.8 Å². The molecule has 6 nitrogen and oxygen atoms in total. The topological polar surface area (TPSA) is 71.7 Å². The van der Waals surface area contributed by atoms with Gasteiger partial charge in [0.2, 0.25) is 0 Å². The van der Waals surface area contributed by atoms with Crippen molar-refractivity contribution in [3.8, 4) is 5.75 Å². The van der Waals surface area contributed by atoms with E-state index < -0.39 is 0 Å². The highest BCUT2D eigenvalue weighted by molar-refractivity contribution is 5.79. The summed E-state index contributed by atoms with van der Waals surface area (Å²) in [5.41, 5.74) is 3.25. The van der Waals surface area contributed by atoms with Crippen molar-refractivity contribution in [1.29, 1.82) is 0 Å². The molecule has 1 saturated carbocycles. The molecule has 0 amide bonds. The monoisotopic (exact) mass is 356 g/mol. The van der Waals surface area contributed by atoms with Crippen LogP contribution in [0.1, 0.15) is 35.4 Å². The Morgan fingerprint density at radius 1 is 1.27 bits per heavy atom. The van der Waals surface area contributed by atoms with Crippen molar-refractivity contribution in [2.75, 3.05) is 20.2 Å². The molecule has 1 aliphatic carbocycles. The maximum absolute atomic E-state index is 5.97. The van der Waals surface area contributed by atoms with E-state index >= 15 is 0 Å². The molecule has 1 heterocycles. The van der Waals surface area contributed by atoms with Crippen LogP contribution in [0.4, 0.5) is 0 Å². The highest BCUT2D eigenvalue weighted by Crippen LogP contribution is 2.30. The van der Waals surface area contributed by atoms with E-state index in [-0.39, 0.29) is 0 Å². The number of hydrogen-bond donors (Lipinski definition) is 2. The Morgan fingerprint density at radius 3 is 2.77 bits per heavy atom. The summed E-state index contributed by atoms with van der Waals surface area (Å²) in [4.78, 5) is 4.30. The van der Waals surface area contributed by atoms with Crippen molar-refractivity contribution in [2.24, 2.45) is 10.9 Å². The standard InChI is InChI=1S/C20H28N4O2/c1-14-18(15(2)26-24-14)10-11-22-20(21-3)23-12-17-6-4-5-7-19(17)25-13-16-8-9-16/h4-7,16H,8-13H2,1-3H3,(H2,21,22,23). The number of ether oxygens (including phenoxy) is 1. The fraction of sp³-hybridized carbons (Fsp3) is 0.500. The van der Waals surface area contributed by atoms with E-state index in [1.165, 1.54) is 12.8 Å². The summed E-state index contributed by atoms with van der Waals surface area (Å²) in [5, 5.41) is 10.7. The minimum atomic E-state index is 0.672. The number of aromatic nitrogens is 1. The molecule has 1 aliphatic rings. The van der Waals surface area contributed by atoms with Crippen LogP contribution in [0.3, 0.4) is 0 Å². The maximum Gasteiger partial charge on any atom is 0.191 e.